The first-order chi connectivity index (χ1) is 7.50. The van der Waals surface area contributed by atoms with Gasteiger partial charge in [-0.05, 0) is 30.5 Å². The zero-order valence-corrected chi connectivity index (χ0v) is 9.66. The number of carbonyl (C=O) groups is 1. The lowest BCUT2D eigenvalue weighted by Gasteiger charge is -2.04. The van der Waals surface area contributed by atoms with E-state index in [4.69, 9.17) is 5.11 Å². The van der Waals surface area contributed by atoms with Crippen LogP contribution in [-0.4, -0.2) is 16.1 Å². The Morgan fingerprint density at radius 2 is 2.06 bits per heavy atom. The maximum atomic E-state index is 11.2. The fourth-order valence-electron chi connectivity index (χ4n) is 1.98. The first kappa shape index (κ1) is 10.7. The summed E-state index contributed by atoms with van der Waals surface area (Å²) >= 11 is 0. The quantitative estimate of drug-likeness (QED) is 0.810. The van der Waals surface area contributed by atoms with Gasteiger partial charge in [-0.25, -0.2) is 4.79 Å². The third-order valence-electron chi connectivity index (χ3n) is 2.89. The van der Waals surface area contributed by atoms with Gasteiger partial charge in [-0.3, -0.25) is 0 Å². The molecule has 0 saturated heterocycles. The van der Waals surface area contributed by atoms with Gasteiger partial charge in [-0.2, -0.15) is 0 Å². The molecule has 1 aromatic heterocycles. The fraction of sp³-hybridized carbons (Fsp3) is 0.308. The highest BCUT2D eigenvalue weighted by molar-refractivity contribution is 6.04. The number of nitrogens with one attached hydrogen (secondary N) is 1. The zero-order chi connectivity index (χ0) is 11.9. The maximum absolute atomic E-state index is 11.2. The predicted octanol–water partition coefficient (Wildman–Crippen LogP) is 3.30. The van der Waals surface area contributed by atoms with Crippen LogP contribution >= 0.6 is 0 Å². The SMILES string of the molecule is Cc1[nH]c2ccc(C(C)C)cc2c1C(=O)O. The summed E-state index contributed by atoms with van der Waals surface area (Å²) in [4.78, 5) is 14.3. The van der Waals surface area contributed by atoms with Gasteiger partial charge in [0.1, 0.15) is 0 Å². The first-order valence-corrected chi connectivity index (χ1v) is 5.36. The van der Waals surface area contributed by atoms with Crippen molar-refractivity contribution in [3.05, 3.63) is 35.0 Å². The van der Waals surface area contributed by atoms with E-state index in [1.807, 2.05) is 18.2 Å². The molecule has 0 unspecified atom stereocenters. The van der Waals surface area contributed by atoms with Crippen LogP contribution in [0.3, 0.4) is 0 Å². The number of fused-ring (bicyclic) bond motifs is 1. The molecule has 2 N–H and O–H groups in total. The van der Waals surface area contributed by atoms with Crippen molar-refractivity contribution >= 4 is 16.9 Å². The van der Waals surface area contributed by atoms with Crippen molar-refractivity contribution in [1.82, 2.24) is 4.98 Å². The number of aromatic nitrogens is 1. The van der Waals surface area contributed by atoms with E-state index in [2.05, 4.69) is 18.8 Å². The number of aryl methyl sites for hydroxylation is 1. The Hall–Kier alpha value is -1.77. The molecule has 2 rings (SSSR count). The van der Waals surface area contributed by atoms with Crippen molar-refractivity contribution in [2.75, 3.05) is 0 Å². The smallest absolute Gasteiger partial charge is 0.338 e. The highest BCUT2D eigenvalue weighted by atomic mass is 16.4. The highest BCUT2D eigenvalue weighted by Crippen LogP contribution is 2.26. The van der Waals surface area contributed by atoms with Gasteiger partial charge in [-0.1, -0.05) is 19.9 Å². The van der Waals surface area contributed by atoms with Crippen molar-refractivity contribution in [3.63, 3.8) is 0 Å². The second-order valence-electron chi connectivity index (χ2n) is 4.39. The molecule has 0 radical (unpaired) electrons. The molecule has 0 amide bonds. The van der Waals surface area contributed by atoms with Gasteiger partial charge in [0.15, 0.2) is 0 Å². The molecular formula is C13H15NO2. The van der Waals surface area contributed by atoms with Gasteiger partial charge in [-0.15, -0.1) is 0 Å². The lowest BCUT2D eigenvalue weighted by atomic mass is 10.0. The highest BCUT2D eigenvalue weighted by Gasteiger charge is 2.15. The van der Waals surface area contributed by atoms with Crippen LogP contribution < -0.4 is 0 Å². The Balaban J connectivity index is 2.74. The number of rotatable bonds is 2. The van der Waals surface area contributed by atoms with Crippen molar-refractivity contribution in [3.8, 4) is 0 Å². The van der Waals surface area contributed by atoms with E-state index in [0.29, 0.717) is 17.2 Å². The van der Waals surface area contributed by atoms with Gasteiger partial charge in [0.2, 0.25) is 0 Å². The average Bonchev–Trinajstić information content (AvgIpc) is 2.51. The molecule has 84 valence electrons. The lowest BCUT2D eigenvalue weighted by molar-refractivity contribution is 0.0698. The number of carboxylic acid groups (broad SMARTS) is 1. The number of hydrogen-bond acceptors (Lipinski definition) is 1. The van der Waals surface area contributed by atoms with Crippen LogP contribution in [-0.2, 0) is 0 Å². The molecule has 0 saturated carbocycles. The second kappa shape index (κ2) is 3.67. The molecule has 3 heteroatoms. The van der Waals surface area contributed by atoms with Crippen molar-refractivity contribution < 1.29 is 9.90 Å². The zero-order valence-electron chi connectivity index (χ0n) is 9.66. The molecule has 0 aliphatic rings. The minimum Gasteiger partial charge on any atom is -0.478 e. The minimum absolute atomic E-state index is 0.387. The standard InChI is InChI=1S/C13H15NO2/c1-7(2)9-4-5-11-10(6-9)12(13(15)16)8(3)14-11/h4-7,14H,1-3H3,(H,15,16). The van der Waals surface area contributed by atoms with Crippen LogP contribution in [0.25, 0.3) is 10.9 Å². The van der Waals surface area contributed by atoms with Crippen LogP contribution in [0.1, 0.15) is 41.4 Å². The number of benzene rings is 1. The summed E-state index contributed by atoms with van der Waals surface area (Å²) in [6.07, 6.45) is 0. The minimum atomic E-state index is -0.871. The van der Waals surface area contributed by atoms with Gasteiger partial charge < -0.3 is 10.1 Å². The summed E-state index contributed by atoms with van der Waals surface area (Å²) in [6, 6.07) is 5.95. The Labute approximate surface area is 94.1 Å². The van der Waals surface area contributed by atoms with Crippen LogP contribution in [0.4, 0.5) is 0 Å². The molecule has 0 spiro atoms. The predicted molar refractivity (Wildman–Crippen MR) is 64.1 cm³/mol. The molecule has 0 aliphatic carbocycles. The summed E-state index contributed by atoms with van der Waals surface area (Å²) in [5.41, 5.74) is 3.15. The van der Waals surface area contributed by atoms with Crippen molar-refractivity contribution in [2.45, 2.75) is 26.7 Å². The normalized spacial score (nSPS) is 11.2. The van der Waals surface area contributed by atoms with E-state index in [1.165, 1.54) is 0 Å². The number of carboxylic acids is 1. The van der Waals surface area contributed by atoms with E-state index < -0.39 is 5.97 Å². The summed E-state index contributed by atoms with van der Waals surface area (Å²) in [6.45, 7) is 5.99. The van der Waals surface area contributed by atoms with E-state index in [-0.39, 0.29) is 0 Å². The van der Waals surface area contributed by atoms with Crippen molar-refractivity contribution in [1.29, 1.82) is 0 Å². The molecule has 1 aromatic carbocycles. The number of H-pyrrole nitrogens is 1. The molecule has 0 atom stereocenters. The Bertz CT molecular complexity index is 552. The molecule has 2 aromatic rings. The molecule has 0 bridgehead atoms. The number of aromatic amines is 1. The Morgan fingerprint density at radius 3 is 2.62 bits per heavy atom. The first-order valence-electron chi connectivity index (χ1n) is 5.36. The van der Waals surface area contributed by atoms with Crippen molar-refractivity contribution in [2.24, 2.45) is 0 Å². The maximum Gasteiger partial charge on any atom is 0.338 e. The third kappa shape index (κ3) is 1.58. The van der Waals surface area contributed by atoms with Crippen LogP contribution in [0.5, 0.6) is 0 Å². The summed E-state index contributed by atoms with van der Waals surface area (Å²) in [5, 5.41) is 9.96. The van der Waals surface area contributed by atoms with E-state index in [9.17, 15) is 4.79 Å². The topological polar surface area (TPSA) is 53.1 Å². The second-order valence-corrected chi connectivity index (χ2v) is 4.39. The molecule has 1 heterocycles. The number of aromatic carboxylic acids is 1. The third-order valence-corrected chi connectivity index (χ3v) is 2.89. The average molecular weight is 217 g/mol. The summed E-state index contributed by atoms with van der Waals surface area (Å²) in [7, 11) is 0. The van der Waals surface area contributed by atoms with E-state index in [1.54, 1.807) is 6.92 Å². The van der Waals surface area contributed by atoms with Gasteiger partial charge in [0, 0.05) is 16.6 Å². The summed E-state index contributed by atoms with van der Waals surface area (Å²) in [5.74, 6) is -0.467. The van der Waals surface area contributed by atoms with Crippen LogP contribution in [0.2, 0.25) is 0 Å². The molecule has 3 nitrogen and oxygen atoms in total. The molecule has 16 heavy (non-hydrogen) atoms. The fourth-order valence-corrected chi connectivity index (χ4v) is 1.98. The van der Waals surface area contributed by atoms with E-state index >= 15 is 0 Å². The number of hydrogen-bond donors (Lipinski definition) is 2. The van der Waals surface area contributed by atoms with Gasteiger partial charge in [0.25, 0.3) is 0 Å². The Morgan fingerprint density at radius 1 is 1.38 bits per heavy atom. The van der Waals surface area contributed by atoms with Gasteiger partial charge >= 0.3 is 5.97 Å². The molecule has 0 aliphatic heterocycles. The monoisotopic (exact) mass is 217 g/mol. The summed E-state index contributed by atoms with van der Waals surface area (Å²) < 4.78 is 0. The van der Waals surface area contributed by atoms with Crippen LogP contribution in [0, 0.1) is 6.92 Å². The molecular weight excluding hydrogens is 202 g/mol. The van der Waals surface area contributed by atoms with E-state index in [0.717, 1.165) is 16.5 Å². The van der Waals surface area contributed by atoms with Crippen LogP contribution in [0.15, 0.2) is 18.2 Å². The molecule has 0 fully saturated rings. The van der Waals surface area contributed by atoms with Gasteiger partial charge in [0.05, 0.1) is 5.56 Å². The lowest BCUT2D eigenvalue weighted by Crippen LogP contribution is -1.97. The Kier molecular flexibility index (Phi) is 2.46. The largest absolute Gasteiger partial charge is 0.478 e.